The first kappa shape index (κ1) is 25.6. The Balaban J connectivity index is 1.42. The monoisotopic (exact) mass is 477 g/mol. The molecule has 0 unspecified atom stereocenters. The van der Waals surface area contributed by atoms with Gasteiger partial charge in [0, 0.05) is 31.5 Å². The van der Waals surface area contributed by atoms with Crippen molar-refractivity contribution in [3.05, 3.63) is 84.4 Å². The number of rotatable bonds is 14. The first-order valence-electron chi connectivity index (χ1n) is 11.5. The average molecular weight is 478 g/mol. The molecule has 0 bridgehead atoms. The Morgan fingerprint density at radius 1 is 0.800 bits per heavy atom. The zero-order valence-corrected chi connectivity index (χ0v) is 19.8. The van der Waals surface area contributed by atoms with Crippen molar-refractivity contribution in [3.63, 3.8) is 0 Å². The number of carbonyl (C=O) groups is 2. The minimum absolute atomic E-state index is 0.0582. The van der Waals surface area contributed by atoms with Crippen LogP contribution in [0.2, 0.25) is 0 Å². The molecule has 0 spiro atoms. The Kier molecular flexibility index (Phi) is 10.4. The van der Waals surface area contributed by atoms with E-state index in [0.29, 0.717) is 49.1 Å². The van der Waals surface area contributed by atoms with Crippen LogP contribution >= 0.6 is 0 Å². The second-order valence-corrected chi connectivity index (χ2v) is 7.59. The number of methoxy groups -OCH3 is 1. The van der Waals surface area contributed by atoms with Gasteiger partial charge in [-0.1, -0.05) is 30.3 Å². The molecule has 3 N–H and O–H groups in total. The summed E-state index contributed by atoms with van der Waals surface area (Å²) in [7, 11) is 1.63. The Bertz CT molecular complexity index is 1060. The molecule has 8 heteroatoms. The second-order valence-electron chi connectivity index (χ2n) is 7.59. The molecule has 0 saturated heterocycles. The van der Waals surface area contributed by atoms with Gasteiger partial charge < -0.3 is 30.2 Å². The van der Waals surface area contributed by atoms with Crippen LogP contribution in [0.4, 0.5) is 11.4 Å². The fourth-order valence-electron chi connectivity index (χ4n) is 3.17. The summed E-state index contributed by atoms with van der Waals surface area (Å²) in [6.45, 7) is 1.97. The highest BCUT2D eigenvalue weighted by molar-refractivity contribution is 5.96. The molecule has 8 nitrogen and oxygen atoms in total. The highest BCUT2D eigenvalue weighted by atomic mass is 16.5. The maximum atomic E-state index is 12.4. The predicted octanol–water partition coefficient (Wildman–Crippen LogP) is 3.96. The first-order chi connectivity index (χ1) is 17.2. The predicted molar refractivity (Wildman–Crippen MR) is 136 cm³/mol. The molecule has 0 radical (unpaired) electrons. The van der Waals surface area contributed by atoms with E-state index in [9.17, 15) is 9.59 Å². The minimum Gasteiger partial charge on any atom is -0.490 e. The third kappa shape index (κ3) is 9.02. The summed E-state index contributed by atoms with van der Waals surface area (Å²) in [5.74, 6) is 1.04. The van der Waals surface area contributed by atoms with Crippen molar-refractivity contribution < 1.29 is 23.8 Å². The summed E-state index contributed by atoms with van der Waals surface area (Å²) in [6.07, 6.45) is 0.749. The zero-order valence-electron chi connectivity index (χ0n) is 19.8. The molecule has 3 rings (SSSR count). The van der Waals surface area contributed by atoms with E-state index in [-0.39, 0.29) is 18.4 Å². The Hall–Kier alpha value is -4.04. The lowest BCUT2D eigenvalue weighted by atomic mass is 10.2. The van der Waals surface area contributed by atoms with Crippen molar-refractivity contribution in [2.45, 2.75) is 6.42 Å². The van der Waals surface area contributed by atoms with Crippen LogP contribution in [-0.2, 0) is 9.53 Å². The lowest BCUT2D eigenvalue weighted by Crippen LogP contribution is -2.25. The van der Waals surface area contributed by atoms with E-state index in [1.54, 1.807) is 31.4 Å². The Morgan fingerprint density at radius 2 is 1.51 bits per heavy atom. The smallest absolute Gasteiger partial charge is 0.251 e. The maximum absolute atomic E-state index is 12.4. The van der Waals surface area contributed by atoms with E-state index in [4.69, 9.17) is 14.2 Å². The molecule has 0 aliphatic carbocycles. The topological polar surface area (TPSA) is 97.9 Å². The highest BCUT2D eigenvalue weighted by Gasteiger charge is 2.08. The molecular weight excluding hydrogens is 446 g/mol. The molecule has 184 valence electrons. The van der Waals surface area contributed by atoms with E-state index in [1.807, 2.05) is 54.6 Å². The molecule has 0 aliphatic rings. The summed E-state index contributed by atoms with van der Waals surface area (Å²) in [5, 5.41) is 8.75. The largest absolute Gasteiger partial charge is 0.490 e. The van der Waals surface area contributed by atoms with E-state index in [0.717, 1.165) is 12.2 Å². The van der Waals surface area contributed by atoms with Crippen molar-refractivity contribution in [3.8, 4) is 11.5 Å². The van der Waals surface area contributed by atoms with Gasteiger partial charge in [0.2, 0.25) is 5.91 Å². The summed E-state index contributed by atoms with van der Waals surface area (Å²) in [5.41, 5.74) is 1.85. The number of anilines is 2. The van der Waals surface area contributed by atoms with Gasteiger partial charge in [-0.05, 0) is 55.0 Å². The van der Waals surface area contributed by atoms with Gasteiger partial charge in [-0.2, -0.15) is 0 Å². The summed E-state index contributed by atoms with van der Waals surface area (Å²) < 4.78 is 16.4. The molecule has 35 heavy (non-hydrogen) atoms. The molecule has 0 heterocycles. The van der Waals surface area contributed by atoms with Gasteiger partial charge in [-0.25, -0.2) is 0 Å². The van der Waals surface area contributed by atoms with Crippen molar-refractivity contribution in [2.75, 3.05) is 50.7 Å². The van der Waals surface area contributed by atoms with Crippen LogP contribution in [0, 0.1) is 0 Å². The number of hydrogen-bond acceptors (Lipinski definition) is 6. The zero-order chi connectivity index (χ0) is 24.7. The fourth-order valence-corrected chi connectivity index (χ4v) is 3.17. The van der Waals surface area contributed by atoms with E-state index in [2.05, 4.69) is 16.0 Å². The maximum Gasteiger partial charge on any atom is 0.251 e. The van der Waals surface area contributed by atoms with Crippen molar-refractivity contribution in [2.24, 2.45) is 0 Å². The second kappa shape index (κ2) is 14.3. The minimum atomic E-state index is -0.219. The van der Waals surface area contributed by atoms with Crippen molar-refractivity contribution in [1.82, 2.24) is 5.32 Å². The van der Waals surface area contributed by atoms with Gasteiger partial charge in [0.25, 0.3) is 5.91 Å². The Morgan fingerprint density at radius 3 is 2.29 bits per heavy atom. The summed E-state index contributed by atoms with van der Waals surface area (Å²) in [6, 6.07) is 23.7. The summed E-state index contributed by atoms with van der Waals surface area (Å²) >= 11 is 0. The van der Waals surface area contributed by atoms with E-state index >= 15 is 0 Å². The molecule has 0 aromatic heterocycles. The molecule has 0 atom stereocenters. The quantitative estimate of drug-likeness (QED) is 0.304. The molecule has 0 aliphatic heterocycles. The SMILES string of the molecule is COCCCNC(=O)c1ccc(NC(=O)CNc2ccccc2OCCOc2ccccc2)cc1. The average Bonchev–Trinajstić information content (AvgIpc) is 2.89. The van der Waals surface area contributed by atoms with E-state index in [1.165, 1.54) is 0 Å². The van der Waals surface area contributed by atoms with Gasteiger partial charge in [-0.3, -0.25) is 9.59 Å². The third-order valence-corrected chi connectivity index (χ3v) is 4.92. The van der Waals surface area contributed by atoms with E-state index < -0.39 is 0 Å². The number of para-hydroxylation sites is 3. The molecular formula is C27H31N3O5. The van der Waals surface area contributed by atoms with Crippen LogP contribution < -0.4 is 25.4 Å². The van der Waals surface area contributed by atoms with Crippen LogP contribution in [0.25, 0.3) is 0 Å². The van der Waals surface area contributed by atoms with Crippen LogP contribution in [0.15, 0.2) is 78.9 Å². The van der Waals surface area contributed by atoms with Crippen LogP contribution in [-0.4, -0.2) is 51.8 Å². The molecule has 0 saturated carbocycles. The van der Waals surface area contributed by atoms with Crippen LogP contribution in [0.3, 0.4) is 0 Å². The Labute approximate surface area is 205 Å². The van der Waals surface area contributed by atoms with Gasteiger partial charge >= 0.3 is 0 Å². The number of nitrogens with one attached hydrogen (secondary N) is 3. The lowest BCUT2D eigenvalue weighted by molar-refractivity contribution is -0.114. The highest BCUT2D eigenvalue weighted by Crippen LogP contribution is 2.23. The molecule has 3 aromatic rings. The van der Waals surface area contributed by atoms with Crippen molar-refractivity contribution in [1.29, 1.82) is 0 Å². The summed E-state index contributed by atoms with van der Waals surface area (Å²) in [4.78, 5) is 24.5. The third-order valence-electron chi connectivity index (χ3n) is 4.92. The van der Waals surface area contributed by atoms with Crippen molar-refractivity contribution >= 4 is 23.2 Å². The van der Waals surface area contributed by atoms with Crippen LogP contribution in [0.5, 0.6) is 11.5 Å². The lowest BCUT2D eigenvalue weighted by Gasteiger charge is -2.14. The molecule has 2 amide bonds. The van der Waals surface area contributed by atoms with Gasteiger partial charge in [0.1, 0.15) is 24.7 Å². The normalized spacial score (nSPS) is 10.3. The number of benzene rings is 3. The standard InChI is InChI=1S/C27H31N3O5/c1-33-17-7-16-28-27(32)21-12-14-22(15-13-21)30-26(31)20-29-24-10-5-6-11-25(24)35-19-18-34-23-8-3-2-4-9-23/h2-6,8-15,29H,7,16-20H2,1H3,(H,28,32)(H,30,31). The van der Waals surface area contributed by atoms with Gasteiger partial charge in [-0.15, -0.1) is 0 Å². The van der Waals surface area contributed by atoms with Crippen LogP contribution in [0.1, 0.15) is 16.8 Å². The van der Waals surface area contributed by atoms with Gasteiger partial charge in [0.15, 0.2) is 0 Å². The van der Waals surface area contributed by atoms with Gasteiger partial charge in [0.05, 0.1) is 12.2 Å². The molecule has 3 aromatic carbocycles. The number of amides is 2. The number of carbonyl (C=O) groups excluding carboxylic acids is 2. The number of ether oxygens (including phenoxy) is 3. The number of hydrogen-bond donors (Lipinski definition) is 3. The molecule has 0 fully saturated rings. The first-order valence-corrected chi connectivity index (χ1v) is 11.5. The fraction of sp³-hybridized carbons (Fsp3) is 0.259.